The van der Waals surface area contributed by atoms with Crippen molar-refractivity contribution in [1.29, 1.82) is 0 Å². The van der Waals surface area contributed by atoms with Crippen LogP contribution in [0.25, 0.3) is 0 Å². The Morgan fingerprint density at radius 2 is 1.83 bits per heavy atom. The van der Waals surface area contributed by atoms with E-state index in [1.165, 1.54) is 0 Å². The summed E-state index contributed by atoms with van der Waals surface area (Å²) in [5.74, 6) is 0.751. The number of ether oxygens (including phenoxy) is 1. The molecular formula is C21H23ClN2O4S. The zero-order valence-electron chi connectivity index (χ0n) is 16.1. The highest BCUT2D eigenvalue weighted by Gasteiger charge is 2.49. The van der Waals surface area contributed by atoms with E-state index in [0.717, 1.165) is 17.7 Å². The van der Waals surface area contributed by atoms with Gasteiger partial charge in [0.05, 0.1) is 31.2 Å². The fourth-order valence-electron chi connectivity index (χ4n) is 4.23. The van der Waals surface area contributed by atoms with E-state index in [4.69, 9.17) is 16.3 Å². The van der Waals surface area contributed by atoms with E-state index >= 15 is 0 Å². The second kappa shape index (κ2) is 7.97. The van der Waals surface area contributed by atoms with Crippen LogP contribution in [0.5, 0.6) is 5.75 Å². The quantitative estimate of drug-likeness (QED) is 0.723. The van der Waals surface area contributed by atoms with Gasteiger partial charge in [0.2, 0.25) is 5.91 Å². The van der Waals surface area contributed by atoms with E-state index in [2.05, 4.69) is 0 Å². The number of fused-ring (bicyclic) bond motifs is 1. The Balaban J connectivity index is 1.55. The molecule has 2 aromatic rings. The number of nitrogens with zero attached hydrogens (tertiary/aromatic N) is 2. The molecule has 2 aliphatic rings. The Bertz CT molecular complexity index is 1010. The highest BCUT2D eigenvalue weighted by atomic mass is 35.5. The number of amides is 1. The molecule has 2 fully saturated rings. The molecular weight excluding hydrogens is 412 g/mol. The summed E-state index contributed by atoms with van der Waals surface area (Å²) >= 11 is 6.10. The summed E-state index contributed by atoms with van der Waals surface area (Å²) in [6.07, 6.45) is 0.734. The van der Waals surface area contributed by atoms with Crippen molar-refractivity contribution in [2.75, 3.05) is 36.6 Å². The number of hydrogen-bond acceptors (Lipinski definition) is 5. The van der Waals surface area contributed by atoms with Crippen LogP contribution in [0, 0.1) is 0 Å². The van der Waals surface area contributed by atoms with Gasteiger partial charge in [-0.2, -0.15) is 0 Å². The standard InChI is InChI=1S/C21H23ClN2O4S/c1-28-18-7-5-15(6-8-18)9-10-23-12-21(25)24(17-4-2-3-16(22)11-17)20-14-29(26,27)13-19(20)23/h2-8,11,19-20H,9-10,12-14H2,1H3/t19-,20+/m1/s1. The lowest BCUT2D eigenvalue weighted by Gasteiger charge is -2.43. The Hall–Kier alpha value is -2.09. The van der Waals surface area contributed by atoms with Crippen molar-refractivity contribution in [3.8, 4) is 5.75 Å². The Morgan fingerprint density at radius 3 is 2.52 bits per heavy atom. The van der Waals surface area contributed by atoms with Gasteiger partial charge in [0.15, 0.2) is 9.84 Å². The van der Waals surface area contributed by atoms with E-state index in [-0.39, 0.29) is 30.0 Å². The molecule has 8 heteroatoms. The zero-order chi connectivity index (χ0) is 20.6. The fourth-order valence-corrected chi connectivity index (χ4v) is 6.39. The molecule has 0 unspecified atom stereocenters. The summed E-state index contributed by atoms with van der Waals surface area (Å²) in [4.78, 5) is 16.6. The summed E-state index contributed by atoms with van der Waals surface area (Å²) in [5.41, 5.74) is 1.78. The van der Waals surface area contributed by atoms with Crippen molar-refractivity contribution in [3.05, 3.63) is 59.1 Å². The first-order chi connectivity index (χ1) is 13.9. The largest absolute Gasteiger partial charge is 0.497 e. The average Bonchev–Trinajstić information content (AvgIpc) is 3.01. The molecule has 2 heterocycles. The summed E-state index contributed by atoms with van der Waals surface area (Å²) in [6, 6.07) is 14.2. The number of benzene rings is 2. The molecule has 4 rings (SSSR count). The lowest BCUT2D eigenvalue weighted by Crippen LogP contribution is -2.62. The second-order valence-corrected chi connectivity index (χ2v) is 10.1. The van der Waals surface area contributed by atoms with Crippen molar-refractivity contribution >= 4 is 33.0 Å². The SMILES string of the molecule is COc1ccc(CCN2CC(=O)N(c3cccc(Cl)c3)[C@H]3CS(=O)(=O)C[C@H]32)cc1. The molecule has 2 saturated heterocycles. The maximum Gasteiger partial charge on any atom is 0.241 e. The number of carbonyl (C=O) groups is 1. The van der Waals surface area contributed by atoms with Gasteiger partial charge in [0, 0.05) is 23.3 Å². The highest BCUT2D eigenvalue weighted by Crippen LogP contribution is 2.32. The minimum atomic E-state index is -3.21. The van der Waals surface area contributed by atoms with Crippen molar-refractivity contribution < 1.29 is 17.9 Å². The lowest BCUT2D eigenvalue weighted by molar-refractivity contribution is -0.123. The predicted octanol–water partition coefficient (Wildman–Crippen LogP) is 2.41. The number of rotatable bonds is 5. The van der Waals surface area contributed by atoms with Crippen LogP contribution in [0.1, 0.15) is 5.56 Å². The summed E-state index contributed by atoms with van der Waals surface area (Å²) < 4.78 is 30.0. The van der Waals surface area contributed by atoms with Gasteiger partial charge in [-0.15, -0.1) is 0 Å². The molecule has 0 aromatic heterocycles. The van der Waals surface area contributed by atoms with Crippen LogP contribution in [-0.2, 0) is 21.1 Å². The third kappa shape index (κ3) is 4.27. The maximum atomic E-state index is 13.0. The fraction of sp³-hybridized carbons (Fsp3) is 0.381. The normalized spacial score (nSPS) is 23.8. The number of halogens is 1. The van der Waals surface area contributed by atoms with Gasteiger partial charge < -0.3 is 9.64 Å². The first-order valence-corrected chi connectivity index (χ1v) is 11.7. The Morgan fingerprint density at radius 1 is 1.10 bits per heavy atom. The number of hydrogen-bond donors (Lipinski definition) is 0. The summed E-state index contributed by atoms with van der Waals surface area (Å²) in [5, 5.41) is 0.523. The predicted molar refractivity (Wildman–Crippen MR) is 113 cm³/mol. The van der Waals surface area contributed by atoms with Crippen LogP contribution >= 0.6 is 11.6 Å². The minimum Gasteiger partial charge on any atom is -0.497 e. The molecule has 6 nitrogen and oxygen atoms in total. The minimum absolute atomic E-state index is 0.0189. The van der Waals surface area contributed by atoms with Crippen molar-refractivity contribution in [2.24, 2.45) is 0 Å². The molecule has 0 N–H and O–H groups in total. The smallest absolute Gasteiger partial charge is 0.241 e. The molecule has 0 bridgehead atoms. The zero-order valence-corrected chi connectivity index (χ0v) is 17.7. The van der Waals surface area contributed by atoms with Crippen molar-refractivity contribution in [3.63, 3.8) is 0 Å². The summed E-state index contributed by atoms with van der Waals surface area (Å²) in [7, 11) is -1.59. The maximum absolute atomic E-state index is 13.0. The topological polar surface area (TPSA) is 66.9 Å². The average molecular weight is 435 g/mol. The molecule has 2 atom stereocenters. The second-order valence-electron chi connectivity index (χ2n) is 7.52. The van der Waals surface area contributed by atoms with Crippen LogP contribution in [0.3, 0.4) is 0 Å². The summed E-state index contributed by atoms with van der Waals surface area (Å²) in [6.45, 7) is 0.817. The lowest BCUT2D eigenvalue weighted by atomic mass is 10.0. The molecule has 0 saturated carbocycles. The molecule has 0 aliphatic carbocycles. The Labute approximate surface area is 175 Å². The molecule has 154 valence electrons. The molecule has 29 heavy (non-hydrogen) atoms. The molecule has 0 radical (unpaired) electrons. The molecule has 2 aromatic carbocycles. The Kier molecular flexibility index (Phi) is 5.55. The molecule has 2 aliphatic heterocycles. The van der Waals surface area contributed by atoms with Crippen LogP contribution in [0.2, 0.25) is 5.02 Å². The van der Waals surface area contributed by atoms with E-state index in [1.807, 2.05) is 29.2 Å². The number of methoxy groups -OCH3 is 1. The molecule has 1 amide bonds. The van der Waals surface area contributed by atoms with Gasteiger partial charge in [0.25, 0.3) is 0 Å². The number of anilines is 1. The number of carbonyl (C=O) groups excluding carboxylic acids is 1. The molecule has 0 spiro atoms. The van der Waals surface area contributed by atoms with E-state index in [9.17, 15) is 13.2 Å². The van der Waals surface area contributed by atoms with Gasteiger partial charge in [-0.3, -0.25) is 9.69 Å². The monoisotopic (exact) mass is 434 g/mol. The van der Waals surface area contributed by atoms with Crippen LogP contribution in [0.15, 0.2) is 48.5 Å². The van der Waals surface area contributed by atoms with Gasteiger partial charge in [0.1, 0.15) is 5.75 Å². The number of sulfone groups is 1. The van der Waals surface area contributed by atoms with Gasteiger partial charge in [-0.05, 0) is 42.3 Å². The van der Waals surface area contributed by atoms with E-state index in [0.29, 0.717) is 17.3 Å². The van der Waals surface area contributed by atoms with Gasteiger partial charge in [-0.1, -0.05) is 29.8 Å². The van der Waals surface area contributed by atoms with Crippen molar-refractivity contribution in [1.82, 2.24) is 4.90 Å². The highest BCUT2D eigenvalue weighted by molar-refractivity contribution is 7.91. The van der Waals surface area contributed by atoms with Crippen molar-refractivity contribution in [2.45, 2.75) is 18.5 Å². The first-order valence-electron chi connectivity index (χ1n) is 9.51. The number of piperazine rings is 1. The third-order valence-electron chi connectivity index (χ3n) is 5.63. The van der Waals surface area contributed by atoms with E-state index < -0.39 is 15.9 Å². The first kappa shape index (κ1) is 20.2. The van der Waals surface area contributed by atoms with Crippen LogP contribution in [0.4, 0.5) is 5.69 Å². The van der Waals surface area contributed by atoms with Gasteiger partial charge >= 0.3 is 0 Å². The third-order valence-corrected chi connectivity index (χ3v) is 7.57. The van der Waals surface area contributed by atoms with Gasteiger partial charge in [-0.25, -0.2) is 8.42 Å². The van der Waals surface area contributed by atoms with E-state index in [1.54, 1.807) is 36.3 Å². The van der Waals surface area contributed by atoms with Crippen LogP contribution in [-0.4, -0.2) is 63.0 Å². The van der Waals surface area contributed by atoms with Crippen LogP contribution < -0.4 is 9.64 Å².